The largest absolute Gasteiger partial charge is 0.121 e. The highest BCUT2D eigenvalue weighted by molar-refractivity contribution is 7.98. The summed E-state index contributed by atoms with van der Waals surface area (Å²) in [7, 11) is 0. The summed E-state index contributed by atoms with van der Waals surface area (Å²) in [5.41, 5.74) is 5.03. The highest BCUT2D eigenvalue weighted by Gasteiger charge is 2.04. The fourth-order valence-electron chi connectivity index (χ4n) is 3.32. The van der Waals surface area contributed by atoms with Crippen LogP contribution in [0.5, 0.6) is 0 Å². The number of thioether (sulfide) groups is 2. The van der Waals surface area contributed by atoms with Gasteiger partial charge < -0.3 is 0 Å². The van der Waals surface area contributed by atoms with Crippen molar-refractivity contribution in [3.05, 3.63) is 120 Å². The van der Waals surface area contributed by atoms with E-state index >= 15 is 0 Å². The zero-order valence-electron chi connectivity index (χ0n) is 16.9. The van der Waals surface area contributed by atoms with Crippen molar-refractivity contribution in [1.82, 2.24) is 0 Å². The molecule has 148 valence electrons. The van der Waals surface area contributed by atoms with Crippen LogP contribution in [0.15, 0.2) is 108 Å². The van der Waals surface area contributed by atoms with Crippen LogP contribution in [-0.4, -0.2) is 0 Å². The van der Waals surface area contributed by atoms with Crippen LogP contribution in [0.1, 0.15) is 22.3 Å². The van der Waals surface area contributed by atoms with Crippen molar-refractivity contribution in [3.63, 3.8) is 0 Å². The zero-order valence-corrected chi connectivity index (χ0v) is 18.5. The normalized spacial score (nSPS) is 10.8. The van der Waals surface area contributed by atoms with Gasteiger partial charge >= 0.3 is 0 Å². The van der Waals surface area contributed by atoms with Crippen molar-refractivity contribution in [2.75, 3.05) is 0 Å². The van der Waals surface area contributed by atoms with Gasteiger partial charge in [0.2, 0.25) is 0 Å². The van der Waals surface area contributed by atoms with Crippen LogP contribution in [0.2, 0.25) is 0 Å². The Morgan fingerprint density at radius 1 is 0.633 bits per heavy atom. The predicted molar refractivity (Wildman–Crippen MR) is 136 cm³/mol. The summed E-state index contributed by atoms with van der Waals surface area (Å²) in [5, 5.41) is 2.58. The van der Waals surface area contributed by atoms with Crippen LogP contribution < -0.4 is 0 Å². The SMILES string of the molecule is C=Cc1ccc(CSc2ccc3cc(SCc4ccccc4C=C)ccc3c2)cc1. The molecule has 0 fully saturated rings. The number of benzene rings is 4. The average Bonchev–Trinajstić information content (AvgIpc) is 2.81. The molecular formula is C28H24S2. The molecule has 2 heteroatoms. The Hall–Kier alpha value is -2.68. The van der Waals surface area contributed by atoms with Gasteiger partial charge in [0.15, 0.2) is 0 Å². The summed E-state index contributed by atoms with van der Waals surface area (Å²) < 4.78 is 0. The van der Waals surface area contributed by atoms with Crippen LogP contribution in [0.25, 0.3) is 22.9 Å². The lowest BCUT2D eigenvalue weighted by Crippen LogP contribution is -1.86. The van der Waals surface area contributed by atoms with Gasteiger partial charge in [0, 0.05) is 21.3 Å². The minimum atomic E-state index is 0.951. The lowest BCUT2D eigenvalue weighted by atomic mass is 10.1. The summed E-state index contributed by atoms with van der Waals surface area (Å²) in [6.45, 7) is 7.74. The van der Waals surface area contributed by atoms with E-state index in [9.17, 15) is 0 Å². The molecule has 0 saturated heterocycles. The van der Waals surface area contributed by atoms with Crippen LogP contribution in [0.4, 0.5) is 0 Å². The molecule has 30 heavy (non-hydrogen) atoms. The number of hydrogen-bond acceptors (Lipinski definition) is 2. The van der Waals surface area contributed by atoms with Crippen LogP contribution >= 0.6 is 23.5 Å². The van der Waals surface area contributed by atoms with Gasteiger partial charge in [-0.2, -0.15) is 0 Å². The van der Waals surface area contributed by atoms with E-state index in [-0.39, 0.29) is 0 Å². The van der Waals surface area contributed by atoms with Gasteiger partial charge in [-0.05, 0) is 57.3 Å². The standard InChI is InChI=1S/C28H24S2/c1-3-21-9-11-22(12-10-21)19-29-27-15-13-25-18-28(16-14-24(25)17-27)30-20-26-8-6-5-7-23(26)4-2/h3-18H,1-2,19-20H2. The van der Waals surface area contributed by atoms with E-state index in [0.29, 0.717) is 0 Å². The minimum absolute atomic E-state index is 0.951. The Morgan fingerprint density at radius 3 is 1.90 bits per heavy atom. The fraction of sp³-hybridized carbons (Fsp3) is 0.0714. The van der Waals surface area contributed by atoms with Crippen LogP contribution in [-0.2, 0) is 11.5 Å². The van der Waals surface area contributed by atoms with Gasteiger partial charge in [0.25, 0.3) is 0 Å². The second-order valence-corrected chi connectivity index (χ2v) is 9.19. The minimum Gasteiger partial charge on any atom is -0.121 e. The smallest absolute Gasteiger partial charge is 0.0237 e. The van der Waals surface area contributed by atoms with Crippen molar-refractivity contribution in [2.45, 2.75) is 21.3 Å². The predicted octanol–water partition coefficient (Wildman–Crippen LogP) is 8.71. The molecule has 0 saturated carbocycles. The lowest BCUT2D eigenvalue weighted by Gasteiger charge is -2.08. The van der Waals surface area contributed by atoms with Crippen molar-refractivity contribution in [1.29, 1.82) is 0 Å². The molecule has 0 aliphatic carbocycles. The first-order chi connectivity index (χ1) is 14.7. The quantitative estimate of drug-likeness (QED) is 0.259. The van der Waals surface area contributed by atoms with Gasteiger partial charge in [-0.15, -0.1) is 23.5 Å². The summed E-state index contributed by atoms with van der Waals surface area (Å²) in [6, 6.07) is 30.6. The summed E-state index contributed by atoms with van der Waals surface area (Å²) in [5.74, 6) is 1.92. The molecule has 0 amide bonds. The van der Waals surface area contributed by atoms with E-state index in [0.717, 1.165) is 17.1 Å². The molecule has 4 aromatic carbocycles. The van der Waals surface area contributed by atoms with Gasteiger partial charge in [0.05, 0.1) is 0 Å². The van der Waals surface area contributed by atoms with Crippen molar-refractivity contribution in [3.8, 4) is 0 Å². The maximum atomic E-state index is 3.92. The Kier molecular flexibility index (Phi) is 6.78. The molecular weight excluding hydrogens is 400 g/mol. The first-order valence-corrected chi connectivity index (χ1v) is 11.9. The Balaban J connectivity index is 1.42. The molecule has 0 unspecified atom stereocenters. The molecule has 0 aliphatic heterocycles. The number of rotatable bonds is 8. The lowest BCUT2D eigenvalue weighted by molar-refractivity contribution is 1.37. The van der Waals surface area contributed by atoms with Gasteiger partial charge in [-0.3, -0.25) is 0 Å². The van der Waals surface area contributed by atoms with Gasteiger partial charge in [-0.1, -0.05) is 86.0 Å². The third kappa shape index (κ3) is 5.08. The number of hydrogen-bond donors (Lipinski definition) is 0. The molecule has 0 nitrogen and oxygen atoms in total. The fourth-order valence-corrected chi connectivity index (χ4v) is 5.18. The Morgan fingerprint density at radius 2 is 1.27 bits per heavy atom. The van der Waals surface area contributed by atoms with Crippen LogP contribution in [0.3, 0.4) is 0 Å². The van der Waals surface area contributed by atoms with E-state index in [1.807, 2.05) is 35.7 Å². The Labute approximate surface area is 187 Å². The maximum absolute atomic E-state index is 3.92. The third-order valence-corrected chi connectivity index (χ3v) is 7.18. The average molecular weight is 425 g/mol. The van der Waals surface area contributed by atoms with E-state index in [1.54, 1.807) is 0 Å². The van der Waals surface area contributed by atoms with E-state index in [2.05, 4.69) is 98.1 Å². The number of fused-ring (bicyclic) bond motifs is 1. The van der Waals surface area contributed by atoms with Gasteiger partial charge in [-0.25, -0.2) is 0 Å². The first-order valence-electron chi connectivity index (χ1n) is 9.96. The molecule has 0 N–H and O–H groups in total. The molecule has 0 aliphatic rings. The van der Waals surface area contributed by atoms with Crippen molar-refractivity contribution in [2.24, 2.45) is 0 Å². The van der Waals surface area contributed by atoms with E-state index in [4.69, 9.17) is 0 Å². The molecule has 0 radical (unpaired) electrons. The topological polar surface area (TPSA) is 0 Å². The third-order valence-electron chi connectivity index (χ3n) is 5.07. The van der Waals surface area contributed by atoms with E-state index < -0.39 is 0 Å². The Bertz CT molecular complexity index is 1170. The second-order valence-electron chi connectivity index (χ2n) is 7.10. The summed E-state index contributed by atoms with van der Waals surface area (Å²) in [6.07, 6.45) is 3.81. The van der Waals surface area contributed by atoms with Gasteiger partial charge in [0.1, 0.15) is 0 Å². The molecule has 0 bridgehead atoms. The van der Waals surface area contributed by atoms with E-state index in [1.165, 1.54) is 37.3 Å². The van der Waals surface area contributed by atoms with Crippen LogP contribution in [0, 0.1) is 0 Å². The highest BCUT2D eigenvalue weighted by Crippen LogP contribution is 2.31. The zero-order chi connectivity index (χ0) is 20.8. The first kappa shape index (κ1) is 20.6. The second kappa shape index (κ2) is 9.88. The summed E-state index contributed by atoms with van der Waals surface area (Å²) >= 11 is 3.75. The molecule has 0 spiro atoms. The summed E-state index contributed by atoms with van der Waals surface area (Å²) in [4.78, 5) is 2.60. The van der Waals surface area contributed by atoms with Crippen molar-refractivity contribution >= 4 is 46.4 Å². The molecule has 0 atom stereocenters. The maximum Gasteiger partial charge on any atom is 0.0237 e. The molecule has 0 heterocycles. The molecule has 4 rings (SSSR count). The monoisotopic (exact) mass is 424 g/mol. The molecule has 0 aromatic heterocycles. The molecule has 4 aromatic rings. The highest BCUT2D eigenvalue weighted by atomic mass is 32.2. The van der Waals surface area contributed by atoms with Crippen molar-refractivity contribution < 1.29 is 0 Å².